The summed E-state index contributed by atoms with van der Waals surface area (Å²) in [5, 5.41) is 21.9. The molecule has 0 saturated heterocycles. The van der Waals surface area contributed by atoms with Gasteiger partial charge in [0.15, 0.2) is 28.6 Å². The average Bonchev–Trinajstić information content (AvgIpc) is 3.62. The Balaban J connectivity index is 1.26. The zero-order valence-corrected chi connectivity index (χ0v) is 27.4. The van der Waals surface area contributed by atoms with E-state index in [-0.39, 0.29) is 6.73 Å². The largest absolute Gasteiger partial charge is 0.493 e. The molecule has 10 nitrogen and oxygen atoms in total. The molecule has 0 amide bonds. The quantitative estimate of drug-likeness (QED) is 0.170. The van der Waals surface area contributed by atoms with Crippen LogP contribution in [-0.2, 0) is 10.3 Å². The Labute approximate surface area is 275 Å². The number of aliphatic imine (C=N–C) groups is 1. The van der Waals surface area contributed by atoms with Gasteiger partial charge in [0.05, 0.1) is 28.4 Å². The highest BCUT2D eigenvalue weighted by Gasteiger charge is 2.37. The first kappa shape index (κ1) is 33.6. The molecule has 0 saturated carbocycles. The fraction of sp³-hybridized carbons (Fsp3) is 0.324. The summed E-state index contributed by atoms with van der Waals surface area (Å²) in [5.74, 6) is 3.42. The number of hydrogen-bond donors (Lipinski definition) is 2. The van der Waals surface area contributed by atoms with E-state index in [0.717, 1.165) is 11.1 Å². The summed E-state index contributed by atoms with van der Waals surface area (Å²) in [5.41, 5.74) is 2.14. The summed E-state index contributed by atoms with van der Waals surface area (Å²) in [6.45, 7) is 3.83. The first-order chi connectivity index (χ1) is 22.7. The molecule has 5 rings (SSSR count). The molecule has 10 heteroatoms. The van der Waals surface area contributed by atoms with Crippen LogP contribution in [0.25, 0.3) is 0 Å². The average molecular weight is 644 g/mol. The third-order valence-corrected chi connectivity index (χ3v) is 8.24. The van der Waals surface area contributed by atoms with Crippen LogP contribution in [0.15, 0.2) is 89.9 Å². The lowest BCUT2D eigenvalue weighted by atomic mass is 9.87. The van der Waals surface area contributed by atoms with Crippen LogP contribution >= 0.6 is 0 Å². The van der Waals surface area contributed by atoms with Crippen molar-refractivity contribution in [3.05, 3.63) is 107 Å². The topological polar surface area (TPSA) is 117 Å². The number of hydrogen-bond acceptors (Lipinski definition) is 10. The van der Waals surface area contributed by atoms with Crippen molar-refractivity contribution in [3.63, 3.8) is 0 Å². The van der Waals surface area contributed by atoms with E-state index in [9.17, 15) is 10.2 Å². The summed E-state index contributed by atoms with van der Waals surface area (Å²) >= 11 is 0. The number of benzene rings is 4. The highest BCUT2D eigenvalue weighted by atomic mass is 16.5. The molecule has 248 valence electrons. The Kier molecular flexibility index (Phi) is 10.6. The standard InChI is InChI=1S/C37H41NO9/c1-23(35(39)25-7-17-31(41-3)33(19-25)43-5)46-29-13-9-27(10-14-29)37(21-38-22-45-37)28-11-15-30(16-12-28)47-24(2)36(40)26-8-18-32(42-4)34(20-26)44-6/h7-21,23-24,35-36,39-40H,22H2,1-6H3. The molecule has 4 atom stereocenters. The fourth-order valence-corrected chi connectivity index (χ4v) is 5.56. The van der Waals surface area contributed by atoms with Crippen molar-refractivity contribution in [2.45, 2.75) is 43.9 Å². The minimum Gasteiger partial charge on any atom is -0.493 e. The van der Waals surface area contributed by atoms with Gasteiger partial charge < -0.3 is 43.4 Å². The van der Waals surface area contributed by atoms with Crippen molar-refractivity contribution in [2.75, 3.05) is 35.2 Å². The van der Waals surface area contributed by atoms with Crippen molar-refractivity contribution in [3.8, 4) is 34.5 Å². The molecule has 1 aliphatic heterocycles. The normalized spacial score (nSPS) is 18.1. The lowest BCUT2D eigenvalue weighted by molar-refractivity contribution is 0.0459. The predicted octanol–water partition coefficient (Wildman–Crippen LogP) is 6.02. The second-order valence-corrected chi connectivity index (χ2v) is 11.1. The predicted molar refractivity (Wildman–Crippen MR) is 177 cm³/mol. The van der Waals surface area contributed by atoms with Gasteiger partial charge in [-0.1, -0.05) is 36.4 Å². The highest BCUT2D eigenvalue weighted by Crippen LogP contribution is 2.38. The van der Waals surface area contributed by atoms with Gasteiger partial charge in [0.1, 0.15) is 42.6 Å². The van der Waals surface area contributed by atoms with Gasteiger partial charge in [-0.2, -0.15) is 0 Å². The van der Waals surface area contributed by atoms with Crippen molar-refractivity contribution in [1.82, 2.24) is 0 Å². The van der Waals surface area contributed by atoms with Gasteiger partial charge in [-0.3, -0.25) is 4.99 Å². The third-order valence-electron chi connectivity index (χ3n) is 8.24. The molecule has 1 aliphatic rings. The lowest BCUT2D eigenvalue weighted by Crippen LogP contribution is -2.29. The van der Waals surface area contributed by atoms with E-state index in [2.05, 4.69) is 4.99 Å². The van der Waals surface area contributed by atoms with E-state index >= 15 is 0 Å². The minimum atomic E-state index is -0.896. The Morgan fingerprint density at radius 2 is 1.00 bits per heavy atom. The summed E-state index contributed by atoms with van der Waals surface area (Å²) in [7, 11) is 6.24. The van der Waals surface area contributed by atoms with Gasteiger partial charge >= 0.3 is 0 Å². The summed E-state index contributed by atoms with van der Waals surface area (Å²) in [6.07, 6.45) is -1.08. The molecule has 0 aliphatic carbocycles. The summed E-state index contributed by atoms with van der Waals surface area (Å²) in [6, 6.07) is 25.6. The maximum absolute atomic E-state index is 11.0. The molecule has 0 radical (unpaired) electrons. The van der Waals surface area contributed by atoms with Crippen LogP contribution in [0.3, 0.4) is 0 Å². The lowest BCUT2D eigenvalue weighted by Gasteiger charge is -2.28. The van der Waals surface area contributed by atoms with E-state index in [4.69, 9.17) is 33.2 Å². The van der Waals surface area contributed by atoms with Crippen LogP contribution in [0.1, 0.15) is 48.3 Å². The molecule has 0 fully saturated rings. The molecular formula is C37H41NO9. The van der Waals surface area contributed by atoms with Gasteiger partial charge in [0, 0.05) is 6.21 Å². The molecule has 0 bridgehead atoms. The SMILES string of the molecule is COc1ccc(C(O)C(C)Oc2ccc(C3(c4ccc(OC(C)C(O)c5ccc(OC)c(OC)c5)cc4)C=NCO3)cc2)cc1OC. The van der Waals surface area contributed by atoms with Crippen LogP contribution in [-0.4, -0.2) is 63.8 Å². The number of methoxy groups -OCH3 is 4. The second kappa shape index (κ2) is 14.8. The molecule has 0 aromatic heterocycles. The van der Waals surface area contributed by atoms with Crippen LogP contribution in [0, 0.1) is 0 Å². The zero-order valence-electron chi connectivity index (χ0n) is 27.4. The summed E-state index contributed by atoms with van der Waals surface area (Å²) in [4.78, 5) is 4.38. The molecular weight excluding hydrogens is 602 g/mol. The molecule has 2 N–H and O–H groups in total. The van der Waals surface area contributed by atoms with Gasteiger partial charge in [-0.15, -0.1) is 0 Å². The number of aliphatic hydroxyl groups excluding tert-OH is 2. The second-order valence-electron chi connectivity index (χ2n) is 11.1. The maximum atomic E-state index is 11.0. The van der Waals surface area contributed by atoms with E-state index in [0.29, 0.717) is 45.6 Å². The molecule has 4 aromatic rings. The number of nitrogens with zero attached hydrogens (tertiary/aromatic N) is 1. The minimum absolute atomic E-state index is 0.222. The molecule has 4 aromatic carbocycles. The van der Waals surface area contributed by atoms with Gasteiger partial charge in [0.2, 0.25) is 0 Å². The Bertz CT molecular complexity index is 1540. The summed E-state index contributed by atoms with van der Waals surface area (Å²) < 4.78 is 39.7. The molecule has 47 heavy (non-hydrogen) atoms. The van der Waals surface area contributed by atoms with Crippen LogP contribution < -0.4 is 28.4 Å². The fourth-order valence-electron chi connectivity index (χ4n) is 5.56. The zero-order chi connectivity index (χ0) is 33.6. The number of ether oxygens (including phenoxy) is 7. The third kappa shape index (κ3) is 7.15. The van der Waals surface area contributed by atoms with Crippen LogP contribution in [0.5, 0.6) is 34.5 Å². The van der Waals surface area contributed by atoms with Crippen LogP contribution in [0.2, 0.25) is 0 Å². The Hall–Kier alpha value is -4.77. The maximum Gasteiger partial charge on any atom is 0.161 e. The van der Waals surface area contributed by atoms with E-state index in [1.165, 1.54) is 0 Å². The smallest absolute Gasteiger partial charge is 0.161 e. The first-order valence-electron chi connectivity index (χ1n) is 15.2. The Morgan fingerprint density at radius 3 is 1.34 bits per heavy atom. The van der Waals surface area contributed by atoms with Gasteiger partial charge in [-0.25, -0.2) is 0 Å². The van der Waals surface area contributed by atoms with E-state index in [1.807, 2.05) is 48.5 Å². The molecule has 0 spiro atoms. The number of aliphatic hydroxyl groups is 2. The van der Waals surface area contributed by atoms with E-state index < -0.39 is 30.0 Å². The van der Waals surface area contributed by atoms with Crippen molar-refractivity contribution in [2.24, 2.45) is 4.99 Å². The van der Waals surface area contributed by atoms with E-state index in [1.54, 1.807) is 84.9 Å². The van der Waals surface area contributed by atoms with Crippen LogP contribution in [0.4, 0.5) is 0 Å². The van der Waals surface area contributed by atoms with Gasteiger partial charge in [0.25, 0.3) is 0 Å². The monoisotopic (exact) mass is 643 g/mol. The van der Waals surface area contributed by atoms with Gasteiger partial charge in [-0.05, 0) is 84.6 Å². The molecule has 1 heterocycles. The molecule has 4 unspecified atom stereocenters. The number of rotatable bonds is 14. The van der Waals surface area contributed by atoms with Crippen molar-refractivity contribution >= 4 is 6.21 Å². The highest BCUT2D eigenvalue weighted by molar-refractivity contribution is 5.78. The van der Waals surface area contributed by atoms with Crippen molar-refractivity contribution < 1.29 is 43.4 Å². The Morgan fingerprint density at radius 1 is 0.596 bits per heavy atom. The van der Waals surface area contributed by atoms with Crippen molar-refractivity contribution in [1.29, 1.82) is 0 Å². The first-order valence-corrected chi connectivity index (χ1v) is 15.2.